The fourth-order valence-electron chi connectivity index (χ4n) is 2.13. The lowest BCUT2D eigenvalue weighted by Crippen LogP contribution is -2.39. The van der Waals surface area contributed by atoms with Gasteiger partial charge in [0.2, 0.25) is 0 Å². The topological polar surface area (TPSA) is 3.24 Å². The summed E-state index contributed by atoms with van der Waals surface area (Å²) in [5, 5.41) is 0.180. The average molecular weight is 321 g/mol. The number of nitrogens with zero attached hydrogens (tertiary/aromatic N) is 1. The summed E-state index contributed by atoms with van der Waals surface area (Å²) in [6, 6.07) is 5.07. The maximum absolute atomic E-state index is 13.6. The van der Waals surface area contributed by atoms with Crippen LogP contribution in [0.15, 0.2) is 22.7 Å². The minimum Gasteiger partial charge on any atom is -0.297 e. The summed E-state index contributed by atoms with van der Waals surface area (Å²) in [6.07, 6.45) is 1.09. The minimum absolute atomic E-state index is 0.141. The highest BCUT2D eigenvalue weighted by Gasteiger charge is 2.24. The lowest BCUT2D eigenvalue weighted by molar-refractivity contribution is 0.187. The maximum Gasteiger partial charge on any atom is 0.127 e. The molecule has 0 radical (unpaired) electrons. The SMILES string of the molecule is CC1CCN(Cc2cc(Br)ccc2F)CC1Cl. The third kappa shape index (κ3) is 3.43. The van der Waals surface area contributed by atoms with Gasteiger partial charge >= 0.3 is 0 Å². The van der Waals surface area contributed by atoms with Crippen molar-refractivity contribution in [2.24, 2.45) is 5.92 Å². The van der Waals surface area contributed by atoms with Crippen LogP contribution in [0.1, 0.15) is 18.9 Å². The quantitative estimate of drug-likeness (QED) is 0.744. The predicted molar refractivity (Wildman–Crippen MR) is 72.8 cm³/mol. The Balaban J connectivity index is 2.03. The largest absolute Gasteiger partial charge is 0.297 e. The molecule has 1 fully saturated rings. The zero-order valence-electron chi connectivity index (χ0n) is 9.80. The standard InChI is InChI=1S/C13H16BrClFN/c1-9-4-5-17(8-12(9)15)7-10-6-11(14)2-3-13(10)16/h2-3,6,9,12H,4-5,7-8H2,1H3. The van der Waals surface area contributed by atoms with Crippen LogP contribution in [0, 0.1) is 11.7 Å². The Morgan fingerprint density at radius 1 is 1.53 bits per heavy atom. The number of hydrogen-bond donors (Lipinski definition) is 0. The normalized spacial score (nSPS) is 26.1. The van der Waals surface area contributed by atoms with Crippen molar-refractivity contribution in [3.05, 3.63) is 34.1 Å². The molecule has 1 nitrogen and oxygen atoms in total. The van der Waals surface area contributed by atoms with Crippen LogP contribution < -0.4 is 0 Å². The molecule has 2 rings (SSSR count). The lowest BCUT2D eigenvalue weighted by Gasteiger charge is -2.34. The van der Waals surface area contributed by atoms with E-state index in [0.29, 0.717) is 12.5 Å². The van der Waals surface area contributed by atoms with E-state index in [-0.39, 0.29) is 11.2 Å². The van der Waals surface area contributed by atoms with E-state index in [1.165, 1.54) is 6.07 Å². The van der Waals surface area contributed by atoms with Crippen molar-refractivity contribution in [2.45, 2.75) is 25.3 Å². The molecule has 1 aliphatic rings. The van der Waals surface area contributed by atoms with Gasteiger partial charge in [-0.2, -0.15) is 0 Å². The second-order valence-electron chi connectivity index (χ2n) is 4.75. The summed E-state index contributed by atoms with van der Waals surface area (Å²) in [5.41, 5.74) is 0.734. The molecule has 0 aromatic heterocycles. The molecule has 1 saturated heterocycles. The molecule has 1 aromatic rings. The van der Waals surface area contributed by atoms with Crippen molar-refractivity contribution in [1.29, 1.82) is 0 Å². The highest BCUT2D eigenvalue weighted by atomic mass is 79.9. The monoisotopic (exact) mass is 319 g/mol. The maximum atomic E-state index is 13.6. The van der Waals surface area contributed by atoms with Crippen LogP contribution in [-0.2, 0) is 6.54 Å². The highest BCUT2D eigenvalue weighted by molar-refractivity contribution is 9.10. The van der Waals surface area contributed by atoms with Gasteiger partial charge in [-0.1, -0.05) is 22.9 Å². The van der Waals surface area contributed by atoms with E-state index in [9.17, 15) is 4.39 Å². The van der Waals surface area contributed by atoms with Crippen molar-refractivity contribution in [1.82, 2.24) is 4.90 Å². The van der Waals surface area contributed by atoms with Gasteiger partial charge in [0, 0.05) is 28.5 Å². The van der Waals surface area contributed by atoms with E-state index in [4.69, 9.17) is 11.6 Å². The number of likely N-dealkylation sites (tertiary alicyclic amines) is 1. The molecule has 1 aromatic carbocycles. The second kappa shape index (κ2) is 5.68. The summed E-state index contributed by atoms with van der Waals surface area (Å²) < 4.78 is 14.5. The van der Waals surface area contributed by atoms with Crippen LogP contribution in [0.5, 0.6) is 0 Å². The number of piperidine rings is 1. The fourth-order valence-corrected chi connectivity index (χ4v) is 2.86. The second-order valence-corrected chi connectivity index (χ2v) is 6.23. The van der Waals surface area contributed by atoms with E-state index < -0.39 is 0 Å². The molecule has 2 unspecified atom stereocenters. The Hall–Kier alpha value is -0.120. The van der Waals surface area contributed by atoms with Gasteiger partial charge < -0.3 is 0 Å². The smallest absolute Gasteiger partial charge is 0.127 e. The molecule has 0 saturated carbocycles. The minimum atomic E-state index is -0.141. The van der Waals surface area contributed by atoms with Crippen LogP contribution in [0.2, 0.25) is 0 Å². The highest BCUT2D eigenvalue weighted by Crippen LogP contribution is 2.24. The zero-order chi connectivity index (χ0) is 12.4. The Labute approximate surface area is 115 Å². The van der Waals surface area contributed by atoms with E-state index in [2.05, 4.69) is 27.8 Å². The molecule has 94 valence electrons. The first-order valence-corrected chi connectivity index (χ1v) is 7.09. The van der Waals surface area contributed by atoms with E-state index in [0.717, 1.165) is 29.5 Å². The van der Waals surface area contributed by atoms with Gasteiger partial charge in [-0.3, -0.25) is 4.90 Å². The van der Waals surface area contributed by atoms with Gasteiger partial charge in [0.25, 0.3) is 0 Å². The molecule has 0 spiro atoms. The fraction of sp³-hybridized carbons (Fsp3) is 0.538. The number of rotatable bonds is 2. The van der Waals surface area contributed by atoms with Crippen LogP contribution in [0.3, 0.4) is 0 Å². The third-order valence-electron chi connectivity index (χ3n) is 3.35. The van der Waals surface area contributed by atoms with Gasteiger partial charge in [-0.05, 0) is 37.1 Å². The van der Waals surface area contributed by atoms with Gasteiger partial charge in [-0.25, -0.2) is 4.39 Å². The van der Waals surface area contributed by atoms with Crippen LogP contribution >= 0.6 is 27.5 Å². The van der Waals surface area contributed by atoms with E-state index in [1.807, 2.05) is 6.07 Å². The van der Waals surface area contributed by atoms with Crippen molar-refractivity contribution in [3.63, 3.8) is 0 Å². The molecular formula is C13H16BrClFN. The number of halogens is 3. The third-order valence-corrected chi connectivity index (χ3v) is 4.41. The predicted octanol–water partition coefficient (Wildman–Crippen LogP) is 4.04. The molecule has 4 heteroatoms. The molecule has 17 heavy (non-hydrogen) atoms. The van der Waals surface area contributed by atoms with Gasteiger partial charge in [-0.15, -0.1) is 11.6 Å². The molecule has 2 atom stereocenters. The van der Waals surface area contributed by atoms with Crippen molar-refractivity contribution >= 4 is 27.5 Å². The van der Waals surface area contributed by atoms with E-state index in [1.54, 1.807) is 6.07 Å². The summed E-state index contributed by atoms with van der Waals surface area (Å²) in [4.78, 5) is 2.22. The number of alkyl halides is 1. The zero-order valence-corrected chi connectivity index (χ0v) is 12.1. The van der Waals surface area contributed by atoms with Crippen LogP contribution in [-0.4, -0.2) is 23.4 Å². The van der Waals surface area contributed by atoms with Crippen LogP contribution in [0.25, 0.3) is 0 Å². The average Bonchev–Trinajstić information content (AvgIpc) is 2.29. The first kappa shape index (κ1) is 13.3. The molecule has 0 bridgehead atoms. The molecule has 0 N–H and O–H groups in total. The summed E-state index contributed by atoms with van der Waals surface area (Å²) in [7, 11) is 0. The lowest BCUT2D eigenvalue weighted by atomic mass is 9.98. The van der Waals surface area contributed by atoms with Gasteiger partial charge in [0.05, 0.1) is 0 Å². The Morgan fingerprint density at radius 3 is 3.00 bits per heavy atom. The number of hydrogen-bond acceptors (Lipinski definition) is 1. The first-order chi connectivity index (χ1) is 8.06. The van der Waals surface area contributed by atoms with Gasteiger partial charge in [0.1, 0.15) is 5.82 Å². The van der Waals surface area contributed by atoms with Crippen LogP contribution in [0.4, 0.5) is 4.39 Å². The molecule has 1 heterocycles. The molecule has 0 aliphatic carbocycles. The van der Waals surface area contributed by atoms with Crippen molar-refractivity contribution < 1.29 is 4.39 Å². The molecule has 0 amide bonds. The molecular weight excluding hydrogens is 305 g/mol. The first-order valence-electron chi connectivity index (χ1n) is 5.86. The Morgan fingerprint density at radius 2 is 2.29 bits per heavy atom. The summed E-state index contributed by atoms with van der Waals surface area (Å²) in [5.74, 6) is 0.415. The summed E-state index contributed by atoms with van der Waals surface area (Å²) in [6.45, 7) is 4.65. The molecule has 1 aliphatic heterocycles. The summed E-state index contributed by atoms with van der Waals surface area (Å²) >= 11 is 9.63. The van der Waals surface area contributed by atoms with Crippen molar-refractivity contribution in [3.8, 4) is 0 Å². The van der Waals surface area contributed by atoms with Crippen molar-refractivity contribution in [2.75, 3.05) is 13.1 Å². The van der Waals surface area contributed by atoms with E-state index >= 15 is 0 Å². The van der Waals surface area contributed by atoms with Gasteiger partial charge in [0.15, 0.2) is 0 Å². The Kier molecular flexibility index (Phi) is 4.45. The Bertz CT molecular complexity index is 399. The number of benzene rings is 1.